The number of hydrogen-bond donors (Lipinski definition) is 9. The number of carbonyl (C=O) groups is 8. The number of guanidine groups is 2. The van der Waals surface area contributed by atoms with Crippen molar-refractivity contribution in [2.75, 3.05) is 88.5 Å². The van der Waals surface area contributed by atoms with E-state index in [2.05, 4.69) is 103 Å². The van der Waals surface area contributed by atoms with Crippen molar-refractivity contribution in [3.8, 4) is 5.75 Å². The van der Waals surface area contributed by atoms with Crippen LogP contribution in [0.4, 0.5) is 21.9 Å². The summed E-state index contributed by atoms with van der Waals surface area (Å²) in [6.45, 7) is 13.1. The number of aliphatic imine (C=N–C) groups is 2. The molecule has 30 nitrogen and oxygen atoms in total. The number of amides is 3. The molecule has 0 radical (unpaired) electrons. The van der Waals surface area contributed by atoms with Gasteiger partial charge in [-0.3, -0.25) is 42.7 Å². The molecule has 133 heavy (non-hydrogen) atoms. The van der Waals surface area contributed by atoms with E-state index in [4.69, 9.17) is 35.2 Å². The second-order valence-electron chi connectivity index (χ2n) is 36.6. The molecule has 2 fully saturated rings. The summed E-state index contributed by atoms with van der Waals surface area (Å²) in [6.07, 6.45) is 24.9. The number of nitrogens with zero attached hydrogens (tertiary/aromatic N) is 4. The van der Waals surface area contributed by atoms with Gasteiger partial charge in [0.05, 0.1) is 91.9 Å². The van der Waals surface area contributed by atoms with Crippen LogP contribution in [-0.4, -0.2) is 208 Å². The minimum atomic E-state index is -4.55. The van der Waals surface area contributed by atoms with Crippen molar-refractivity contribution in [2.24, 2.45) is 33.3 Å². The van der Waals surface area contributed by atoms with Gasteiger partial charge >= 0.3 is 18.0 Å². The third kappa shape index (κ3) is 29.5. The molecule has 8 atom stereocenters. The fourth-order valence-corrected chi connectivity index (χ4v) is 22.9. The molecule has 11 N–H and O–H groups in total. The zero-order valence-corrected chi connectivity index (χ0v) is 81.3. The van der Waals surface area contributed by atoms with Crippen molar-refractivity contribution in [3.05, 3.63) is 154 Å². The topological polar surface area (TPSA) is 435 Å². The van der Waals surface area contributed by atoms with Crippen molar-refractivity contribution >= 4 is 125 Å². The maximum atomic E-state index is 14.0. The number of ether oxygens (including phenoxy) is 5. The van der Waals surface area contributed by atoms with E-state index in [-0.39, 0.29) is 157 Å². The van der Waals surface area contributed by atoms with Crippen LogP contribution in [0.2, 0.25) is 0 Å². The molecule has 0 unspecified atom stereocenters. The Balaban J connectivity index is 0.627. The third-order valence-corrected chi connectivity index (χ3v) is 30.8. The van der Waals surface area contributed by atoms with Gasteiger partial charge in [0.25, 0.3) is 20.2 Å². The number of para-hydroxylation sites is 1. The number of urea groups is 1. The SMILES string of the molecule is CCCC[N+]1=C(C=CC2=C(Oc3ccc(S(=O)(=O)O)cc3)C(=CC=C3N(CCCCCC(=O)NCCOCCOCCNC(=O)Nc4cc(C(=O)CCCCC[C@H](CC(=O)CCCC[C@@H]5SC[C@@H]6NC(N)=N[C@@H]65)C(=O)OC)cc(C(=O)CCCCC[C@H](CC(=O)CCCC[C@@H]5SC[C@@H]6NC(N)=N[C@@H]65)C(=O)OC)c4)c4ccc(S(=O)(=O)O)cc4C3(C)C)CCC2)C(C)(C)c2ccccc21. The molecule has 4 aromatic carbocycles. The molecule has 1 aliphatic carbocycles. The normalized spacial score (nSPS) is 20.4. The van der Waals surface area contributed by atoms with Crippen molar-refractivity contribution in [2.45, 2.75) is 276 Å². The predicted octanol–water partition coefficient (Wildman–Crippen LogP) is 15.0. The Morgan fingerprint density at radius 2 is 1.15 bits per heavy atom. The average Bonchev–Trinajstić information content (AvgIpc) is 1.58. The molecule has 6 heterocycles. The Bertz CT molecular complexity index is 5140. The predicted molar refractivity (Wildman–Crippen MR) is 520 cm³/mol. The lowest BCUT2D eigenvalue weighted by Crippen LogP contribution is -2.38. The zero-order valence-electron chi connectivity index (χ0n) is 78.0. The second-order valence-corrected chi connectivity index (χ2v) is 42.0. The molecule has 11 rings (SSSR count). The quantitative estimate of drug-likeness (QED) is 0.00652. The molecule has 4 aromatic rings. The smallest absolute Gasteiger partial charge is 0.319 e. The number of unbranched alkanes of at least 4 members (excludes halogenated alkanes) is 9. The van der Waals surface area contributed by atoms with Crippen LogP contribution in [-0.2, 0) is 74.0 Å². The molecule has 0 saturated carbocycles. The number of fused-ring (bicyclic) bond motifs is 4. The van der Waals surface area contributed by atoms with Gasteiger partial charge in [0.1, 0.15) is 29.6 Å². The number of nitrogens with one attached hydrogen (secondary N) is 5. The minimum absolute atomic E-state index is 0.00215. The lowest BCUT2D eigenvalue weighted by Gasteiger charge is -2.27. The van der Waals surface area contributed by atoms with Gasteiger partial charge in [-0.05, 0) is 187 Å². The van der Waals surface area contributed by atoms with E-state index in [1.54, 1.807) is 12.1 Å². The second kappa shape index (κ2) is 49.8. The summed E-state index contributed by atoms with van der Waals surface area (Å²) >= 11 is 3.76. The summed E-state index contributed by atoms with van der Waals surface area (Å²) in [5.41, 5.74) is 19.2. The largest absolute Gasteiger partial charge is 0.469 e. The highest BCUT2D eigenvalue weighted by atomic mass is 32.2. The van der Waals surface area contributed by atoms with Gasteiger partial charge in [-0.25, -0.2) is 14.8 Å². The van der Waals surface area contributed by atoms with Crippen LogP contribution in [0.25, 0.3) is 0 Å². The van der Waals surface area contributed by atoms with Crippen LogP contribution >= 0.6 is 23.5 Å². The number of hydrogen-bond acceptors (Lipinski definition) is 26. The molecule has 34 heteroatoms. The van der Waals surface area contributed by atoms with E-state index >= 15 is 0 Å². The summed E-state index contributed by atoms with van der Waals surface area (Å²) in [6, 6.07) is 23.6. The van der Waals surface area contributed by atoms with E-state index in [1.807, 2.05) is 49.5 Å². The van der Waals surface area contributed by atoms with Crippen LogP contribution in [0, 0.1) is 11.8 Å². The van der Waals surface area contributed by atoms with E-state index in [1.165, 1.54) is 74.0 Å². The molecule has 724 valence electrons. The lowest BCUT2D eigenvalue weighted by atomic mass is 9.81. The van der Waals surface area contributed by atoms with Crippen molar-refractivity contribution in [1.82, 2.24) is 21.3 Å². The Morgan fingerprint density at radius 1 is 0.602 bits per heavy atom. The van der Waals surface area contributed by atoms with Gasteiger partial charge < -0.3 is 66.6 Å². The highest BCUT2D eigenvalue weighted by Gasteiger charge is 2.46. The number of carbonyl (C=O) groups excluding carboxylic acids is 8. The molecule has 7 aliphatic rings. The zero-order chi connectivity index (χ0) is 95.4. The molecule has 2 saturated heterocycles. The fourth-order valence-electron chi connectivity index (χ4n) is 18.9. The number of benzene rings is 4. The monoisotopic (exact) mass is 1910 g/mol. The van der Waals surface area contributed by atoms with Crippen LogP contribution in [0.5, 0.6) is 5.75 Å². The summed E-state index contributed by atoms with van der Waals surface area (Å²) in [7, 11) is -6.40. The van der Waals surface area contributed by atoms with E-state index in [9.17, 15) is 64.3 Å². The third-order valence-electron chi connectivity index (χ3n) is 26.1. The van der Waals surface area contributed by atoms with Crippen LogP contribution in [0.15, 0.2) is 152 Å². The van der Waals surface area contributed by atoms with Gasteiger partial charge in [0, 0.05) is 144 Å². The molecule has 0 bridgehead atoms. The molecular formula is C99H136N11O19S4+. The minimum Gasteiger partial charge on any atom is -0.469 e. The summed E-state index contributed by atoms with van der Waals surface area (Å²) in [5, 5.41) is 15.6. The number of methoxy groups -OCH3 is 2. The average molecular weight is 1910 g/mol. The van der Waals surface area contributed by atoms with Crippen molar-refractivity contribution in [1.29, 1.82) is 0 Å². The first-order valence-corrected chi connectivity index (χ1v) is 52.2. The van der Waals surface area contributed by atoms with Gasteiger partial charge in [-0.2, -0.15) is 44.9 Å². The summed E-state index contributed by atoms with van der Waals surface area (Å²) in [5.74, 6) is 1.09. The van der Waals surface area contributed by atoms with E-state index in [0.29, 0.717) is 155 Å². The number of allylic oxidation sites excluding steroid dienone is 7. The number of esters is 2. The van der Waals surface area contributed by atoms with Crippen LogP contribution in [0.1, 0.15) is 253 Å². The van der Waals surface area contributed by atoms with Gasteiger partial charge in [0.15, 0.2) is 29.2 Å². The Labute approximate surface area is 792 Å². The number of thioether (sulfide) groups is 2. The van der Waals surface area contributed by atoms with Crippen molar-refractivity contribution < 1.29 is 92.6 Å². The Morgan fingerprint density at radius 3 is 1.72 bits per heavy atom. The maximum absolute atomic E-state index is 14.0. The van der Waals surface area contributed by atoms with E-state index in [0.717, 1.165) is 91.2 Å². The van der Waals surface area contributed by atoms with Gasteiger partial charge in [-0.15, -0.1) is 0 Å². The number of anilines is 2. The fraction of sp³-hybridized carbons (Fsp3) is 0.566. The first-order valence-electron chi connectivity index (χ1n) is 47.3. The molecule has 6 aliphatic heterocycles. The number of Topliss-reactive ketones (excluding diaryl/α,β-unsaturated/α-hetero) is 4. The first-order chi connectivity index (χ1) is 63.7. The lowest BCUT2D eigenvalue weighted by molar-refractivity contribution is -0.438. The number of rotatable bonds is 56. The Hall–Kier alpha value is -9.55. The molecule has 0 spiro atoms. The van der Waals surface area contributed by atoms with Crippen molar-refractivity contribution in [3.63, 3.8) is 0 Å². The standard InChI is InChI=1S/C99H135N11O19S4/c1-8-9-51-109-81-33-21-20-32-77(81)98(2,3)87(109)47-39-65-28-25-29-66(92(65)129-74-41-43-75(44-42-74)132(119,120)121)40-48-88-99(4,5)78-62-76(133(122,123)124)45-46-82(78)110(88)52-24-12-17-38-89(115)102-49-53-127-55-56-128-54-50-103-97(118)104-71-58-69(83(113)34-15-10-13-26-67(93(116)125-6)60-72(111)30-18-22-36-85-90-79(63-130-85)105-95(100)107-90)57-70(59-71)84(114)35-16-11-14-27-68(94(117)126-7)61-73(112)31-19-23-37-86-91-80(64-131-86)106-96(101)108-91/h20-21,32-33,39-48,57-59,62,67-68,79-80,85-86,90-91H,8-19,22-31,34-38,49-56,60-61,63-64H2,1-7H3,(H10-,100,101,102,103,104,105,106,107,108,115,118,119,120,121,122,123,124)/p+1/t67-,68-,79+,80+,85+,86+,90+,91+/m1/s1. The summed E-state index contributed by atoms with van der Waals surface area (Å²) in [4.78, 5) is 118. The number of ketones is 4. The first kappa shape index (κ1) is 104. The van der Waals surface area contributed by atoms with Crippen LogP contribution < -0.4 is 47.7 Å². The highest BCUT2D eigenvalue weighted by molar-refractivity contribution is 8.00. The summed E-state index contributed by atoms with van der Waals surface area (Å²) < 4.78 is 100. The van der Waals surface area contributed by atoms with Gasteiger partial charge in [-0.1, -0.05) is 96.4 Å². The molecule has 0 aromatic heterocycles. The maximum Gasteiger partial charge on any atom is 0.319 e. The number of nitrogens with two attached hydrogens (primary N) is 2. The van der Waals surface area contributed by atoms with Crippen LogP contribution in [0.3, 0.4) is 0 Å². The van der Waals surface area contributed by atoms with E-state index < -0.39 is 55.5 Å². The molecular weight excluding hydrogens is 1780 g/mol. The Kier molecular flexibility index (Phi) is 38.9. The highest BCUT2D eigenvalue weighted by Crippen LogP contribution is 2.50. The van der Waals surface area contributed by atoms with Gasteiger partial charge in [0.2, 0.25) is 11.6 Å². The molecule has 3 amide bonds.